The lowest BCUT2D eigenvalue weighted by Crippen LogP contribution is -2.10. The lowest BCUT2D eigenvalue weighted by atomic mass is 9.91. The Balaban J connectivity index is 1.36. The molecule has 0 fully saturated rings. The third-order valence-electron chi connectivity index (χ3n) is 9.66. The van der Waals surface area contributed by atoms with Crippen LogP contribution in [-0.2, 0) is 0 Å². The van der Waals surface area contributed by atoms with Crippen molar-refractivity contribution in [2.45, 2.75) is 0 Å². The molecule has 2 nitrogen and oxygen atoms in total. The molecule has 0 saturated heterocycles. The van der Waals surface area contributed by atoms with E-state index in [2.05, 4.69) is 179 Å². The predicted octanol–water partition coefficient (Wildman–Crippen LogP) is 12.2. The molecule has 0 radical (unpaired) electrons. The van der Waals surface area contributed by atoms with Crippen LogP contribution in [0.4, 0.5) is 17.1 Å². The van der Waals surface area contributed by atoms with Gasteiger partial charge in [-0.1, -0.05) is 121 Å². The zero-order chi connectivity index (χ0) is 30.2. The minimum absolute atomic E-state index is 1.12. The molecule has 0 unspecified atom stereocenters. The van der Waals surface area contributed by atoms with Crippen LogP contribution in [0.5, 0.6) is 0 Å². The smallest absolute Gasteiger partial charge is 0.0626 e. The number of nitrogens with zero attached hydrogens (tertiary/aromatic N) is 2. The summed E-state index contributed by atoms with van der Waals surface area (Å²) in [7, 11) is 0. The van der Waals surface area contributed by atoms with Crippen molar-refractivity contribution in [3.05, 3.63) is 170 Å². The number of fused-ring (bicyclic) bond motifs is 6. The Hall–Kier alpha value is -6.12. The van der Waals surface area contributed by atoms with E-state index in [1.54, 1.807) is 0 Å². The van der Waals surface area contributed by atoms with Gasteiger partial charge in [-0.05, 0) is 81.6 Å². The molecule has 0 saturated carbocycles. The molecule has 9 aromatic rings. The lowest BCUT2D eigenvalue weighted by Gasteiger charge is -2.26. The molecule has 0 atom stereocenters. The van der Waals surface area contributed by atoms with Gasteiger partial charge in [-0.2, -0.15) is 0 Å². The Kier molecular flexibility index (Phi) is 5.31. The number of para-hydroxylation sites is 2. The van der Waals surface area contributed by atoms with Gasteiger partial charge in [0.05, 0.1) is 11.0 Å². The van der Waals surface area contributed by atoms with Crippen LogP contribution < -0.4 is 4.90 Å². The summed E-state index contributed by atoms with van der Waals surface area (Å²) >= 11 is 0. The average molecular weight is 585 g/mol. The maximum absolute atomic E-state index is 2.51. The van der Waals surface area contributed by atoms with Gasteiger partial charge >= 0.3 is 0 Å². The number of hydrogen-bond donors (Lipinski definition) is 0. The highest BCUT2D eigenvalue weighted by Crippen LogP contribution is 2.52. The van der Waals surface area contributed by atoms with Crippen LogP contribution in [0.3, 0.4) is 0 Å². The molecule has 0 amide bonds. The Morgan fingerprint density at radius 3 is 1.59 bits per heavy atom. The van der Waals surface area contributed by atoms with E-state index in [1.807, 2.05) is 0 Å². The van der Waals surface area contributed by atoms with Crippen molar-refractivity contribution in [1.29, 1.82) is 0 Å². The summed E-state index contributed by atoms with van der Waals surface area (Å²) in [5.41, 5.74) is 12.2. The number of aromatic nitrogens is 1. The molecule has 1 aromatic heterocycles. The zero-order valence-electron chi connectivity index (χ0n) is 25.1. The van der Waals surface area contributed by atoms with E-state index in [0.717, 1.165) is 22.7 Å². The summed E-state index contributed by atoms with van der Waals surface area (Å²) in [4.78, 5) is 2.34. The molecule has 0 N–H and O–H groups in total. The van der Waals surface area contributed by atoms with Gasteiger partial charge in [0, 0.05) is 44.3 Å². The Labute approximate surface area is 267 Å². The fraction of sp³-hybridized carbons (Fsp3) is 0. The summed E-state index contributed by atoms with van der Waals surface area (Å²) in [6.07, 6.45) is 0. The van der Waals surface area contributed by atoms with Gasteiger partial charge in [0.15, 0.2) is 0 Å². The standard InChI is InChI=1S/C44H28N2/c1-3-14-29(15-4-1)45(30-16-5-2-6-17-30)31-18-11-19-32(28-31)46-40-27-13-26-38-34-21-8-7-20-33(34)36-24-12-25-37-35-22-9-10-23-39(35)44(46)43(41(36)37)42(38)40/h1-28H. The van der Waals surface area contributed by atoms with Crippen molar-refractivity contribution in [2.24, 2.45) is 0 Å². The third-order valence-corrected chi connectivity index (χ3v) is 9.66. The van der Waals surface area contributed by atoms with Gasteiger partial charge in [-0.25, -0.2) is 0 Å². The van der Waals surface area contributed by atoms with Crippen LogP contribution in [0, 0.1) is 0 Å². The van der Waals surface area contributed by atoms with E-state index in [-0.39, 0.29) is 0 Å². The highest BCUT2D eigenvalue weighted by Gasteiger charge is 2.26. The summed E-state index contributed by atoms with van der Waals surface area (Å²) in [6.45, 7) is 0. The second-order valence-electron chi connectivity index (χ2n) is 12.1. The van der Waals surface area contributed by atoms with Crippen LogP contribution in [0.2, 0.25) is 0 Å². The third kappa shape index (κ3) is 3.47. The molecule has 214 valence electrons. The van der Waals surface area contributed by atoms with E-state index < -0.39 is 0 Å². The van der Waals surface area contributed by atoms with Crippen LogP contribution in [0.25, 0.3) is 71.3 Å². The molecule has 0 bridgehead atoms. The number of anilines is 3. The molecule has 0 aliphatic heterocycles. The van der Waals surface area contributed by atoms with E-state index in [4.69, 9.17) is 0 Å². The van der Waals surface area contributed by atoms with Crippen molar-refractivity contribution in [1.82, 2.24) is 4.57 Å². The normalized spacial score (nSPS) is 11.9. The second-order valence-corrected chi connectivity index (χ2v) is 12.1. The quantitative estimate of drug-likeness (QED) is 0.187. The maximum atomic E-state index is 2.51. The summed E-state index contributed by atoms with van der Waals surface area (Å²) < 4.78 is 2.51. The predicted molar refractivity (Wildman–Crippen MR) is 195 cm³/mol. The number of benzene rings is 8. The van der Waals surface area contributed by atoms with Gasteiger partial charge < -0.3 is 9.47 Å². The van der Waals surface area contributed by atoms with Crippen molar-refractivity contribution in [3.63, 3.8) is 0 Å². The first-order chi connectivity index (χ1) is 22.9. The largest absolute Gasteiger partial charge is 0.310 e. The van der Waals surface area contributed by atoms with E-state index >= 15 is 0 Å². The molecule has 10 rings (SSSR count). The topological polar surface area (TPSA) is 8.17 Å². The van der Waals surface area contributed by atoms with Gasteiger partial charge in [0.2, 0.25) is 0 Å². The van der Waals surface area contributed by atoms with E-state index in [1.165, 1.54) is 65.6 Å². The van der Waals surface area contributed by atoms with Crippen molar-refractivity contribution in [3.8, 4) is 27.9 Å². The number of rotatable bonds is 4. The van der Waals surface area contributed by atoms with Gasteiger partial charge in [0.1, 0.15) is 0 Å². The Morgan fingerprint density at radius 1 is 0.348 bits per heavy atom. The molecule has 1 aliphatic carbocycles. The van der Waals surface area contributed by atoms with Gasteiger partial charge in [-0.15, -0.1) is 0 Å². The minimum Gasteiger partial charge on any atom is -0.310 e. The van der Waals surface area contributed by atoms with Crippen LogP contribution in [-0.4, -0.2) is 4.57 Å². The molecule has 0 spiro atoms. The highest BCUT2D eigenvalue weighted by molar-refractivity contribution is 6.37. The molecule has 8 aromatic carbocycles. The monoisotopic (exact) mass is 584 g/mol. The summed E-state index contributed by atoms with van der Waals surface area (Å²) in [5.74, 6) is 0. The number of hydrogen-bond acceptors (Lipinski definition) is 1. The minimum atomic E-state index is 1.12. The van der Waals surface area contributed by atoms with Crippen molar-refractivity contribution < 1.29 is 0 Å². The first-order valence-electron chi connectivity index (χ1n) is 15.9. The zero-order valence-corrected chi connectivity index (χ0v) is 25.1. The summed E-state index contributed by atoms with van der Waals surface area (Å²) in [6, 6.07) is 61.8. The fourth-order valence-electron chi connectivity index (χ4n) is 7.85. The van der Waals surface area contributed by atoms with Crippen LogP contribution >= 0.6 is 0 Å². The average Bonchev–Trinajstić information content (AvgIpc) is 3.42. The van der Waals surface area contributed by atoms with Gasteiger partial charge in [-0.3, -0.25) is 0 Å². The lowest BCUT2D eigenvalue weighted by molar-refractivity contribution is 1.17. The van der Waals surface area contributed by atoms with Crippen molar-refractivity contribution in [2.75, 3.05) is 4.90 Å². The SMILES string of the molecule is c1ccc(N(c2ccccc2)c2cccc(-n3c4cccc5c4c4c6c(cccc6c6ccccc6c43)-c3ccccc3-5)c2)cc1. The molecule has 2 heteroatoms. The van der Waals surface area contributed by atoms with Crippen molar-refractivity contribution >= 4 is 60.4 Å². The highest BCUT2D eigenvalue weighted by atomic mass is 15.1. The summed E-state index contributed by atoms with van der Waals surface area (Å²) in [5, 5.41) is 7.84. The molecular weight excluding hydrogens is 556 g/mol. The molecule has 46 heavy (non-hydrogen) atoms. The van der Waals surface area contributed by atoms with E-state index in [0.29, 0.717) is 0 Å². The fourth-order valence-corrected chi connectivity index (χ4v) is 7.85. The Bertz CT molecular complexity index is 2590. The van der Waals surface area contributed by atoms with E-state index in [9.17, 15) is 0 Å². The molecule has 1 aliphatic rings. The Morgan fingerprint density at radius 2 is 0.870 bits per heavy atom. The molecule has 1 heterocycles. The first-order valence-corrected chi connectivity index (χ1v) is 15.9. The second kappa shape index (κ2) is 9.69. The molecular formula is C44H28N2. The van der Waals surface area contributed by atoms with Crippen LogP contribution in [0.15, 0.2) is 170 Å². The maximum Gasteiger partial charge on any atom is 0.0626 e. The first kappa shape index (κ1) is 25.2. The van der Waals surface area contributed by atoms with Crippen LogP contribution in [0.1, 0.15) is 0 Å². The van der Waals surface area contributed by atoms with Gasteiger partial charge in [0.25, 0.3) is 0 Å².